The van der Waals surface area contributed by atoms with Gasteiger partial charge in [-0.05, 0) is 18.6 Å². The fraction of sp³-hybridized carbons (Fsp3) is 0.500. The van der Waals surface area contributed by atoms with Crippen LogP contribution in [0, 0.1) is 5.41 Å². The third kappa shape index (κ3) is 1.16. The van der Waals surface area contributed by atoms with E-state index in [1.165, 1.54) is 0 Å². The molecule has 1 amide bonds. The van der Waals surface area contributed by atoms with Gasteiger partial charge < -0.3 is 9.64 Å². The number of hydrogen-bond acceptors (Lipinski definition) is 3. The highest BCUT2D eigenvalue weighted by molar-refractivity contribution is 6.01. The number of rotatable bonds is 0. The van der Waals surface area contributed by atoms with Gasteiger partial charge in [0.15, 0.2) is 0 Å². The van der Waals surface area contributed by atoms with Crippen molar-refractivity contribution >= 4 is 11.6 Å². The second-order valence-corrected chi connectivity index (χ2v) is 5.06. The van der Waals surface area contributed by atoms with Crippen LogP contribution in [0.5, 0.6) is 5.88 Å². The number of carbonyl (C=O) groups excluding carboxylic acids is 1. The van der Waals surface area contributed by atoms with Gasteiger partial charge in [0.1, 0.15) is 12.3 Å². The van der Waals surface area contributed by atoms with E-state index in [1.54, 1.807) is 6.20 Å². The lowest BCUT2D eigenvalue weighted by Crippen LogP contribution is -2.41. The molecule has 1 aromatic rings. The number of pyridine rings is 1. The summed E-state index contributed by atoms with van der Waals surface area (Å²) in [5, 5.41) is 0. The van der Waals surface area contributed by atoms with Crippen LogP contribution >= 0.6 is 0 Å². The van der Waals surface area contributed by atoms with Gasteiger partial charge >= 0.3 is 0 Å². The number of anilines is 1. The number of fused-ring (bicyclic) bond motifs is 3. The molecule has 4 nitrogen and oxygen atoms in total. The van der Waals surface area contributed by atoms with E-state index in [9.17, 15) is 4.79 Å². The highest BCUT2D eigenvalue weighted by atomic mass is 16.5. The van der Waals surface area contributed by atoms with Crippen LogP contribution < -0.4 is 9.64 Å². The van der Waals surface area contributed by atoms with E-state index < -0.39 is 0 Å². The summed E-state index contributed by atoms with van der Waals surface area (Å²) in [6.45, 7) is 4.53. The lowest BCUT2D eigenvalue weighted by Gasteiger charge is -2.30. The second kappa shape index (κ2) is 2.97. The fourth-order valence-electron chi connectivity index (χ4n) is 2.55. The number of hydrogen-bond donors (Lipinski definition) is 0. The molecule has 0 saturated carbocycles. The minimum Gasteiger partial charge on any atom is -0.474 e. The molecule has 0 aliphatic carbocycles. The van der Waals surface area contributed by atoms with Crippen LogP contribution in [0.25, 0.3) is 0 Å². The van der Waals surface area contributed by atoms with Gasteiger partial charge in [-0.25, -0.2) is 4.98 Å². The van der Waals surface area contributed by atoms with E-state index in [-0.39, 0.29) is 17.4 Å². The van der Waals surface area contributed by atoms with Gasteiger partial charge in [-0.3, -0.25) is 4.79 Å². The van der Waals surface area contributed by atoms with Gasteiger partial charge in [-0.2, -0.15) is 0 Å². The van der Waals surface area contributed by atoms with Crippen LogP contribution in [0.2, 0.25) is 0 Å². The highest BCUT2D eigenvalue weighted by Crippen LogP contribution is 2.43. The first kappa shape index (κ1) is 9.63. The molecule has 0 bridgehead atoms. The Labute approximate surface area is 94.2 Å². The van der Waals surface area contributed by atoms with Crippen molar-refractivity contribution in [3.8, 4) is 5.88 Å². The number of carbonyl (C=O) groups is 1. The number of ether oxygens (including phenoxy) is 1. The standard InChI is InChI=1S/C12H14N2O2/c1-12(2)6-8-7-16-10-9(4-3-5-13-10)14(8)11(12)15/h3-5,8H,6-7H2,1-2H3. The molecule has 1 unspecified atom stereocenters. The first-order valence-electron chi connectivity index (χ1n) is 5.51. The van der Waals surface area contributed by atoms with Crippen LogP contribution in [0.1, 0.15) is 20.3 Å². The summed E-state index contributed by atoms with van der Waals surface area (Å²) in [6.07, 6.45) is 2.53. The van der Waals surface area contributed by atoms with Crippen LogP contribution in [0.3, 0.4) is 0 Å². The van der Waals surface area contributed by atoms with E-state index >= 15 is 0 Å². The average Bonchev–Trinajstić information content (AvgIpc) is 2.50. The molecule has 16 heavy (non-hydrogen) atoms. The molecule has 4 heteroatoms. The highest BCUT2D eigenvalue weighted by Gasteiger charge is 2.48. The molecule has 0 radical (unpaired) electrons. The molecule has 2 aliphatic heterocycles. The molecule has 84 valence electrons. The first-order chi connectivity index (χ1) is 7.59. The van der Waals surface area contributed by atoms with E-state index in [0.717, 1.165) is 12.1 Å². The summed E-state index contributed by atoms with van der Waals surface area (Å²) in [7, 11) is 0. The third-order valence-corrected chi connectivity index (χ3v) is 3.33. The third-order valence-electron chi connectivity index (χ3n) is 3.33. The predicted octanol–water partition coefficient (Wildman–Crippen LogP) is 1.61. The maximum Gasteiger partial charge on any atom is 0.238 e. The van der Waals surface area contributed by atoms with E-state index in [1.807, 2.05) is 30.9 Å². The second-order valence-electron chi connectivity index (χ2n) is 5.06. The molecule has 1 aromatic heterocycles. The van der Waals surface area contributed by atoms with E-state index in [2.05, 4.69) is 4.98 Å². The average molecular weight is 218 g/mol. The molecule has 3 heterocycles. The van der Waals surface area contributed by atoms with Gasteiger partial charge in [0.25, 0.3) is 0 Å². The minimum absolute atomic E-state index is 0.166. The van der Waals surface area contributed by atoms with E-state index in [0.29, 0.717) is 12.5 Å². The molecule has 1 fully saturated rings. The van der Waals surface area contributed by atoms with Gasteiger partial charge in [0.05, 0.1) is 6.04 Å². The van der Waals surface area contributed by atoms with E-state index in [4.69, 9.17) is 4.74 Å². The lowest BCUT2D eigenvalue weighted by atomic mass is 9.90. The normalized spacial score (nSPS) is 26.0. The largest absolute Gasteiger partial charge is 0.474 e. The van der Waals surface area contributed by atoms with Crippen molar-refractivity contribution in [2.45, 2.75) is 26.3 Å². The summed E-state index contributed by atoms with van der Waals surface area (Å²) >= 11 is 0. The fourth-order valence-corrected chi connectivity index (χ4v) is 2.55. The van der Waals surface area contributed by atoms with Crippen LogP contribution in [0.4, 0.5) is 5.69 Å². The molecular formula is C12H14N2O2. The molecule has 0 N–H and O–H groups in total. The summed E-state index contributed by atoms with van der Waals surface area (Å²) in [5.74, 6) is 0.750. The Balaban J connectivity index is 2.09. The summed E-state index contributed by atoms with van der Waals surface area (Å²) in [4.78, 5) is 18.3. The maximum absolute atomic E-state index is 12.3. The maximum atomic E-state index is 12.3. The Morgan fingerprint density at radius 3 is 3.19 bits per heavy atom. The van der Waals surface area contributed by atoms with Gasteiger partial charge in [-0.1, -0.05) is 13.8 Å². The molecule has 1 atom stereocenters. The zero-order chi connectivity index (χ0) is 11.3. The van der Waals surface area contributed by atoms with Crippen molar-refractivity contribution in [1.82, 2.24) is 4.98 Å². The lowest BCUT2D eigenvalue weighted by molar-refractivity contribution is -0.124. The number of aromatic nitrogens is 1. The van der Waals surface area contributed by atoms with Gasteiger partial charge in [0.2, 0.25) is 11.8 Å². The van der Waals surface area contributed by atoms with Crippen molar-refractivity contribution in [3.05, 3.63) is 18.3 Å². The van der Waals surface area contributed by atoms with Crippen molar-refractivity contribution in [2.75, 3.05) is 11.5 Å². The SMILES string of the molecule is CC1(C)CC2COc3ncccc3N2C1=O. The molecule has 1 saturated heterocycles. The van der Waals surface area contributed by atoms with Crippen LogP contribution in [0.15, 0.2) is 18.3 Å². The quantitative estimate of drug-likeness (QED) is 0.664. The van der Waals surface area contributed by atoms with Crippen molar-refractivity contribution in [2.24, 2.45) is 5.41 Å². The molecule has 0 aromatic carbocycles. The summed E-state index contributed by atoms with van der Waals surface area (Å²) in [6, 6.07) is 3.90. The zero-order valence-electron chi connectivity index (χ0n) is 9.43. The number of nitrogens with zero attached hydrogens (tertiary/aromatic N) is 2. The van der Waals surface area contributed by atoms with Crippen molar-refractivity contribution < 1.29 is 9.53 Å². The Hall–Kier alpha value is -1.58. The molecule has 2 aliphatic rings. The predicted molar refractivity (Wildman–Crippen MR) is 59.4 cm³/mol. The zero-order valence-corrected chi connectivity index (χ0v) is 9.43. The Morgan fingerprint density at radius 1 is 1.56 bits per heavy atom. The first-order valence-corrected chi connectivity index (χ1v) is 5.51. The molecular weight excluding hydrogens is 204 g/mol. The van der Waals surface area contributed by atoms with Crippen LogP contribution in [-0.2, 0) is 4.79 Å². The molecule has 3 rings (SSSR count). The Kier molecular flexibility index (Phi) is 1.79. The Morgan fingerprint density at radius 2 is 2.38 bits per heavy atom. The smallest absolute Gasteiger partial charge is 0.238 e. The number of amides is 1. The van der Waals surface area contributed by atoms with Crippen LogP contribution in [-0.4, -0.2) is 23.5 Å². The van der Waals surface area contributed by atoms with Gasteiger partial charge in [-0.15, -0.1) is 0 Å². The summed E-state index contributed by atoms with van der Waals surface area (Å²) in [5.41, 5.74) is 0.528. The monoisotopic (exact) mass is 218 g/mol. The van der Waals surface area contributed by atoms with Crippen molar-refractivity contribution in [1.29, 1.82) is 0 Å². The topological polar surface area (TPSA) is 42.4 Å². The summed E-state index contributed by atoms with van der Waals surface area (Å²) < 4.78 is 5.57. The Bertz CT molecular complexity index is 456. The molecule has 0 spiro atoms. The van der Waals surface area contributed by atoms with Gasteiger partial charge in [0, 0.05) is 11.6 Å². The minimum atomic E-state index is -0.286. The van der Waals surface area contributed by atoms with Crippen molar-refractivity contribution in [3.63, 3.8) is 0 Å².